The molecule has 0 radical (unpaired) electrons. The number of hydrogen-bond acceptors (Lipinski definition) is 4. The molecule has 1 aromatic heterocycles. The van der Waals surface area contributed by atoms with Crippen LogP contribution < -0.4 is 5.32 Å². The van der Waals surface area contributed by atoms with E-state index in [0.717, 1.165) is 41.9 Å². The Balaban J connectivity index is 1.47. The highest BCUT2D eigenvalue weighted by molar-refractivity contribution is 7.99. The lowest BCUT2D eigenvalue weighted by Crippen LogP contribution is -2.39. The van der Waals surface area contributed by atoms with Crippen LogP contribution in [0.25, 0.3) is 10.9 Å². The van der Waals surface area contributed by atoms with Gasteiger partial charge >= 0.3 is 0 Å². The monoisotopic (exact) mass is 329 g/mol. The zero-order valence-electron chi connectivity index (χ0n) is 12.8. The normalized spacial score (nSPS) is 14.2. The number of fused-ring (bicyclic) bond motifs is 1. The minimum absolute atomic E-state index is 0.00433. The third-order valence-electron chi connectivity index (χ3n) is 3.82. The minimum Gasteiger partial charge on any atom is -0.346 e. The lowest BCUT2D eigenvalue weighted by Gasteiger charge is -2.15. The molecule has 1 aliphatic rings. The van der Waals surface area contributed by atoms with Crippen LogP contribution in [0.4, 0.5) is 0 Å². The maximum atomic E-state index is 11.9. The Morgan fingerprint density at radius 1 is 1.13 bits per heavy atom. The number of nitrogens with zero attached hydrogens (tertiary/aromatic N) is 2. The first kappa shape index (κ1) is 15.8. The Morgan fingerprint density at radius 2 is 1.91 bits per heavy atom. The second kappa shape index (κ2) is 7.46. The van der Waals surface area contributed by atoms with Crippen LogP contribution >= 0.6 is 11.8 Å². The highest BCUT2D eigenvalue weighted by atomic mass is 32.2. The molecule has 2 aromatic rings. The lowest BCUT2D eigenvalue weighted by molar-refractivity contribution is -0.131. The molecule has 0 aliphatic carbocycles. The fourth-order valence-corrected chi connectivity index (χ4v) is 3.28. The van der Waals surface area contributed by atoms with E-state index in [1.54, 1.807) is 4.90 Å². The number of rotatable bonds is 5. The van der Waals surface area contributed by atoms with E-state index in [1.807, 2.05) is 36.4 Å². The molecule has 6 heteroatoms. The van der Waals surface area contributed by atoms with Gasteiger partial charge in [-0.25, -0.2) is 4.98 Å². The molecule has 1 aliphatic heterocycles. The fraction of sp³-hybridized carbons (Fsp3) is 0.353. The molecule has 120 valence electrons. The SMILES string of the molecule is O=C(CSc1ccc2ccccc2n1)NCC(=O)N1CCCC1. The third-order valence-corrected chi connectivity index (χ3v) is 4.75. The van der Waals surface area contributed by atoms with Gasteiger partial charge in [-0.2, -0.15) is 0 Å². The van der Waals surface area contributed by atoms with Crippen LogP contribution in [0.15, 0.2) is 41.4 Å². The van der Waals surface area contributed by atoms with Crippen molar-refractivity contribution in [2.24, 2.45) is 0 Å². The summed E-state index contributed by atoms with van der Waals surface area (Å²) in [6.45, 7) is 1.71. The Kier molecular flexibility index (Phi) is 5.12. The van der Waals surface area contributed by atoms with Gasteiger partial charge < -0.3 is 10.2 Å². The number of aromatic nitrogens is 1. The average Bonchev–Trinajstić information content (AvgIpc) is 3.12. The highest BCUT2D eigenvalue weighted by Gasteiger charge is 2.18. The van der Waals surface area contributed by atoms with Crippen molar-refractivity contribution in [1.82, 2.24) is 15.2 Å². The first-order valence-corrected chi connectivity index (χ1v) is 8.74. The Morgan fingerprint density at radius 3 is 2.74 bits per heavy atom. The van der Waals surface area contributed by atoms with Crippen LogP contribution in [0.2, 0.25) is 0 Å². The van der Waals surface area contributed by atoms with Crippen molar-refractivity contribution in [3.8, 4) is 0 Å². The van der Waals surface area contributed by atoms with Gasteiger partial charge in [0, 0.05) is 18.5 Å². The molecule has 2 amide bonds. The molecule has 23 heavy (non-hydrogen) atoms. The number of likely N-dealkylation sites (tertiary alicyclic amines) is 1. The van der Waals surface area contributed by atoms with Gasteiger partial charge in [0.05, 0.1) is 22.8 Å². The summed E-state index contributed by atoms with van der Waals surface area (Å²) in [5, 5.41) is 4.58. The number of carbonyl (C=O) groups excluding carboxylic acids is 2. The molecular weight excluding hydrogens is 310 g/mol. The number of hydrogen-bond donors (Lipinski definition) is 1. The summed E-state index contributed by atoms with van der Waals surface area (Å²) in [6, 6.07) is 11.8. The summed E-state index contributed by atoms with van der Waals surface area (Å²) >= 11 is 1.38. The molecule has 0 atom stereocenters. The van der Waals surface area contributed by atoms with Gasteiger partial charge in [0.25, 0.3) is 0 Å². The molecule has 1 aromatic carbocycles. The molecule has 0 spiro atoms. The van der Waals surface area contributed by atoms with Crippen molar-refractivity contribution in [1.29, 1.82) is 0 Å². The van der Waals surface area contributed by atoms with E-state index in [2.05, 4.69) is 10.3 Å². The van der Waals surface area contributed by atoms with Crippen molar-refractivity contribution in [2.75, 3.05) is 25.4 Å². The van der Waals surface area contributed by atoms with Gasteiger partial charge in [0.1, 0.15) is 0 Å². The number of thioether (sulfide) groups is 1. The van der Waals surface area contributed by atoms with Crippen LogP contribution in [0.5, 0.6) is 0 Å². The van der Waals surface area contributed by atoms with Crippen molar-refractivity contribution in [3.05, 3.63) is 36.4 Å². The first-order chi connectivity index (χ1) is 11.2. The van der Waals surface area contributed by atoms with Gasteiger partial charge in [-0.1, -0.05) is 36.0 Å². The molecule has 1 fully saturated rings. The van der Waals surface area contributed by atoms with Crippen LogP contribution in [0.3, 0.4) is 0 Å². The largest absolute Gasteiger partial charge is 0.346 e. The first-order valence-electron chi connectivity index (χ1n) is 7.75. The predicted molar refractivity (Wildman–Crippen MR) is 91.3 cm³/mol. The molecular formula is C17H19N3O2S. The second-order valence-electron chi connectivity index (χ2n) is 5.50. The van der Waals surface area contributed by atoms with Gasteiger partial charge in [-0.05, 0) is 25.0 Å². The number of benzene rings is 1. The van der Waals surface area contributed by atoms with Gasteiger partial charge in [-0.15, -0.1) is 0 Å². The van der Waals surface area contributed by atoms with Gasteiger partial charge in [0.15, 0.2) is 0 Å². The number of para-hydroxylation sites is 1. The second-order valence-corrected chi connectivity index (χ2v) is 6.49. The number of carbonyl (C=O) groups is 2. The average molecular weight is 329 g/mol. The van der Waals surface area contributed by atoms with Gasteiger partial charge in [0.2, 0.25) is 11.8 Å². The molecule has 0 unspecified atom stereocenters. The lowest BCUT2D eigenvalue weighted by atomic mass is 10.2. The van der Waals surface area contributed by atoms with Crippen molar-refractivity contribution >= 4 is 34.5 Å². The molecule has 1 N–H and O–H groups in total. The maximum Gasteiger partial charge on any atom is 0.241 e. The Labute approximate surface area is 139 Å². The number of amides is 2. The van der Waals surface area contributed by atoms with Gasteiger partial charge in [-0.3, -0.25) is 9.59 Å². The summed E-state index contributed by atoms with van der Waals surface area (Å²) in [4.78, 5) is 30.0. The quantitative estimate of drug-likeness (QED) is 0.853. The van der Waals surface area contributed by atoms with Crippen molar-refractivity contribution < 1.29 is 9.59 Å². The highest BCUT2D eigenvalue weighted by Crippen LogP contribution is 2.19. The molecule has 0 saturated carbocycles. The summed E-state index contributed by atoms with van der Waals surface area (Å²) in [5.41, 5.74) is 0.919. The number of nitrogens with one attached hydrogen (secondary N) is 1. The van der Waals surface area contributed by atoms with E-state index >= 15 is 0 Å². The van der Waals surface area contributed by atoms with E-state index in [9.17, 15) is 9.59 Å². The smallest absolute Gasteiger partial charge is 0.241 e. The van der Waals surface area contributed by atoms with E-state index in [4.69, 9.17) is 0 Å². The molecule has 5 nitrogen and oxygen atoms in total. The fourth-order valence-electron chi connectivity index (χ4n) is 2.57. The van der Waals surface area contributed by atoms with E-state index in [1.165, 1.54) is 11.8 Å². The van der Waals surface area contributed by atoms with Crippen molar-refractivity contribution in [3.63, 3.8) is 0 Å². The predicted octanol–water partition coefficient (Wildman–Crippen LogP) is 2.07. The van der Waals surface area contributed by atoms with E-state index in [0.29, 0.717) is 0 Å². The summed E-state index contributed by atoms with van der Waals surface area (Å²) in [5.74, 6) is 0.126. The summed E-state index contributed by atoms with van der Waals surface area (Å²) in [7, 11) is 0. The van der Waals surface area contributed by atoms with Crippen LogP contribution in [-0.2, 0) is 9.59 Å². The number of pyridine rings is 1. The molecule has 2 heterocycles. The molecule has 3 rings (SSSR count). The van der Waals surface area contributed by atoms with Crippen LogP contribution in [0.1, 0.15) is 12.8 Å². The van der Waals surface area contributed by atoms with Crippen LogP contribution in [-0.4, -0.2) is 47.1 Å². The van der Waals surface area contributed by atoms with E-state index < -0.39 is 0 Å². The maximum absolute atomic E-state index is 11.9. The van der Waals surface area contributed by atoms with E-state index in [-0.39, 0.29) is 24.1 Å². The zero-order chi connectivity index (χ0) is 16.1. The topological polar surface area (TPSA) is 62.3 Å². The summed E-state index contributed by atoms with van der Waals surface area (Å²) < 4.78 is 0. The Bertz CT molecular complexity index is 714. The summed E-state index contributed by atoms with van der Waals surface area (Å²) in [6.07, 6.45) is 2.12. The van der Waals surface area contributed by atoms with Crippen LogP contribution in [0, 0.1) is 0 Å². The standard InChI is InChI=1S/C17H19N3O2S/c21-15(18-11-17(22)20-9-3-4-10-20)12-23-16-8-7-13-5-1-2-6-14(13)19-16/h1-2,5-8H,3-4,9-12H2,(H,18,21). The molecule has 0 bridgehead atoms. The Hall–Kier alpha value is -2.08. The zero-order valence-corrected chi connectivity index (χ0v) is 13.6. The minimum atomic E-state index is -0.141. The molecule has 1 saturated heterocycles. The third kappa shape index (κ3) is 4.22. The van der Waals surface area contributed by atoms with Crippen molar-refractivity contribution in [2.45, 2.75) is 17.9 Å².